The molecule has 8 heteroatoms. The van der Waals surface area contributed by atoms with Gasteiger partial charge in [-0.1, -0.05) is 18.2 Å². The molecule has 3 amide bonds. The van der Waals surface area contributed by atoms with E-state index in [1.54, 1.807) is 30.3 Å². The Balaban J connectivity index is 1.38. The molecule has 0 atom stereocenters. The van der Waals surface area contributed by atoms with Crippen molar-refractivity contribution in [3.8, 4) is 0 Å². The van der Waals surface area contributed by atoms with Crippen LogP contribution >= 0.6 is 15.9 Å². The van der Waals surface area contributed by atoms with Crippen LogP contribution in [-0.4, -0.2) is 30.3 Å². The third kappa shape index (κ3) is 4.17. The highest BCUT2D eigenvalue weighted by atomic mass is 79.9. The molecule has 160 valence electrons. The summed E-state index contributed by atoms with van der Waals surface area (Å²) in [5.41, 5.74) is 2.82. The Morgan fingerprint density at radius 1 is 0.938 bits per heavy atom. The quantitative estimate of drug-likeness (QED) is 0.422. The van der Waals surface area contributed by atoms with Gasteiger partial charge in [-0.05, 0) is 76.9 Å². The number of hydrogen-bond acceptors (Lipinski definition) is 5. The molecule has 0 unspecified atom stereocenters. The van der Waals surface area contributed by atoms with Crippen molar-refractivity contribution >= 4 is 51.0 Å². The first kappa shape index (κ1) is 21.5. The average Bonchev–Trinajstić information content (AvgIpc) is 3.04. The van der Waals surface area contributed by atoms with E-state index >= 15 is 0 Å². The molecule has 0 radical (unpaired) electrons. The second-order valence-electron chi connectivity index (χ2n) is 7.15. The van der Waals surface area contributed by atoms with E-state index < -0.39 is 30.3 Å². The summed E-state index contributed by atoms with van der Waals surface area (Å²) >= 11 is 3.37. The first-order chi connectivity index (χ1) is 15.3. The van der Waals surface area contributed by atoms with Crippen LogP contribution in [0.3, 0.4) is 0 Å². The molecule has 0 aliphatic carbocycles. The van der Waals surface area contributed by atoms with E-state index in [4.69, 9.17) is 4.74 Å². The summed E-state index contributed by atoms with van der Waals surface area (Å²) in [5, 5.41) is 2.66. The third-order valence-corrected chi connectivity index (χ3v) is 5.54. The molecule has 1 N–H and O–H groups in total. The molecule has 1 aliphatic heterocycles. The summed E-state index contributed by atoms with van der Waals surface area (Å²) in [7, 11) is 0. The van der Waals surface area contributed by atoms with Crippen molar-refractivity contribution in [1.82, 2.24) is 0 Å². The number of esters is 1. The Hall–Kier alpha value is -3.78. The number of anilines is 2. The number of halogens is 1. The lowest BCUT2D eigenvalue weighted by Crippen LogP contribution is -2.29. The maximum atomic E-state index is 12.6. The number of carbonyl (C=O) groups is 4. The topological polar surface area (TPSA) is 92.8 Å². The van der Waals surface area contributed by atoms with Crippen molar-refractivity contribution in [2.75, 3.05) is 16.8 Å². The largest absolute Gasteiger partial charge is 0.452 e. The van der Waals surface area contributed by atoms with Gasteiger partial charge in [-0.25, -0.2) is 9.69 Å². The summed E-state index contributed by atoms with van der Waals surface area (Å²) in [6.45, 7) is 1.47. The second kappa shape index (κ2) is 8.76. The van der Waals surface area contributed by atoms with Crippen LogP contribution in [0.25, 0.3) is 0 Å². The fourth-order valence-electron chi connectivity index (χ4n) is 3.29. The van der Waals surface area contributed by atoms with Crippen LogP contribution in [-0.2, 0) is 9.53 Å². The maximum Gasteiger partial charge on any atom is 0.338 e. The highest BCUT2D eigenvalue weighted by Crippen LogP contribution is 2.28. The van der Waals surface area contributed by atoms with Crippen LogP contribution in [0.1, 0.15) is 36.6 Å². The lowest BCUT2D eigenvalue weighted by Gasteiger charge is -2.14. The summed E-state index contributed by atoms with van der Waals surface area (Å²) in [4.78, 5) is 50.6. The van der Waals surface area contributed by atoms with Gasteiger partial charge in [0.15, 0.2) is 6.61 Å². The van der Waals surface area contributed by atoms with Crippen molar-refractivity contribution in [2.24, 2.45) is 0 Å². The Morgan fingerprint density at radius 3 is 2.16 bits per heavy atom. The molecule has 4 rings (SSSR count). The van der Waals surface area contributed by atoms with Gasteiger partial charge in [0.25, 0.3) is 17.7 Å². The first-order valence-corrected chi connectivity index (χ1v) is 10.5. The number of imide groups is 1. The molecule has 3 aromatic carbocycles. The molecular formula is C24H17BrN2O5. The van der Waals surface area contributed by atoms with Crippen LogP contribution in [0, 0.1) is 6.92 Å². The van der Waals surface area contributed by atoms with E-state index in [1.807, 2.05) is 19.1 Å². The van der Waals surface area contributed by atoms with E-state index in [2.05, 4.69) is 21.2 Å². The smallest absolute Gasteiger partial charge is 0.338 e. The zero-order chi connectivity index (χ0) is 22.8. The molecule has 1 aliphatic rings. The maximum absolute atomic E-state index is 12.6. The number of fused-ring (bicyclic) bond motifs is 1. The normalized spacial score (nSPS) is 12.5. The number of nitrogens with zero attached hydrogens (tertiary/aromatic N) is 1. The van der Waals surface area contributed by atoms with Crippen LogP contribution in [0.5, 0.6) is 0 Å². The van der Waals surface area contributed by atoms with E-state index in [0.29, 0.717) is 22.5 Å². The zero-order valence-electron chi connectivity index (χ0n) is 16.9. The number of amides is 3. The molecule has 1 heterocycles. The van der Waals surface area contributed by atoms with Gasteiger partial charge in [0.1, 0.15) is 0 Å². The van der Waals surface area contributed by atoms with Gasteiger partial charge in [0.05, 0.1) is 28.1 Å². The van der Waals surface area contributed by atoms with Crippen LogP contribution in [0.4, 0.5) is 11.4 Å². The third-order valence-electron chi connectivity index (χ3n) is 4.89. The molecule has 3 aromatic rings. The van der Waals surface area contributed by atoms with E-state index in [0.717, 1.165) is 14.9 Å². The van der Waals surface area contributed by atoms with Crippen LogP contribution in [0.2, 0.25) is 0 Å². The Bertz CT molecular complexity index is 1220. The minimum atomic E-state index is -0.697. The molecule has 0 spiro atoms. The van der Waals surface area contributed by atoms with Gasteiger partial charge >= 0.3 is 5.97 Å². The minimum Gasteiger partial charge on any atom is -0.452 e. The molecule has 0 fully saturated rings. The van der Waals surface area contributed by atoms with Crippen molar-refractivity contribution in [1.29, 1.82) is 0 Å². The van der Waals surface area contributed by atoms with Crippen molar-refractivity contribution in [3.05, 3.63) is 93.5 Å². The van der Waals surface area contributed by atoms with E-state index in [1.165, 1.54) is 24.3 Å². The SMILES string of the molecule is Cc1ccc(NC(=O)COC(=O)c2ccc(N3C(=O)c4ccccc4C3=O)cc2)c(Br)c1. The summed E-state index contributed by atoms with van der Waals surface area (Å²) in [6, 6.07) is 17.9. The lowest BCUT2D eigenvalue weighted by atomic mass is 10.1. The van der Waals surface area contributed by atoms with Gasteiger partial charge in [-0.15, -0.1) is 0 Å². The monoisotopic (exact) mass is 492 g/mol. The predicted molar refractivity (Wildman–Crippen MR) is 122 cm³/mol. The summed E-state index contributed by atoms with van der Waals surface area (Å²) in [6.07, 6.45) is 0. The minimum absolute atomic E-state index is 0.190. The van der Waals surface area contributed by atoms with E-state index in [9.17, 15) is 19.2 Å². The molecule has 0 bridgehead atoms. The molecular weight excluding hydrogens is 476 g/mol. The molecule has 0 aromatic heterocycles. The van der Waals surface area contributed by atoms with Crippen LogP contribution < -0.4 is 10.2 Å². The van der Waals surface area contributed by atoms with Crippen molar-refractivity contribution < 1.29 is 23.9 Å². The fraction of sp³-hybridized carbons (Fsp3) is 0.0833. The number of benzene rings is 3. The van der Waals surface area contributed by atoms with Gasteiger partial charge < -0.3 is 10.1 Å². The molecule has 32 heavy (non-hydrogen) atoms. The standard InChI is InChI=1S/C24H17BrN2O5/c1-14-6-11-20(19(25)12-14)26-21(28)13-32-24(31)15-7-9-16(10-8-15)27-22(29)17-4-2-3-5-18(17)23(27)30/h2-12H,13H2,1H3,(H,26,28). The Labute approximate surface area is 192 Å². The van der Waals surface area contributed by atoms with Gasteiger partial charge in [-0.3, -0.25) is 14.4 Å². The molecule has 0 saturated heterocycles. The number of nitrogens with one attached hydrogen (secondary N) is 1. The van der Waals surface area contributed by atoms with Gasteiger partial charge in [-0.2, -0.15) is 0 Å². The Kier molecular flexibility index (Phi) is 5.87. The van der Waals surface area contributed by atoms with Gasteiger partial charge in [0.2, 0.25) is 0 Å². The van der Waals surface area contributed by atoms with E-state index in [-0.39, 0.29) is 5.56 Å². The van der Waals surface area contributed by atoms with Crippen LogP contribution in [0.15, 0.2) is 71.2 Å². The highest BCUT2D eigenvalue weighted by Gasteiger charge is 2.36. The summed E-state index contributed by atoms with van der Waals surface area (Å²) < 4.78 is 5.79. The Morgan fingerprint density at radius 2 is 1.56 bits per heavy atom. The molecule has 0 saturated carbocycles. The average molecular weight is 493 g/mol. The number of ether oxygens (including phenoxy) is 1. The number of rotatable bonds is 5. The summed E-state index contributed by atoms with van der Waals surface area (Å²) in [5.74, 6) is -2.01. The predicted octanol–water partition coefficient (Wildman–Crippen LogP) is 4.35. The highest BCUT2D eigenvalue weighted by molar-refractivity contribution is 9.10. The number of carbonyl (C=O) groups excluding carboxylic acids is 4. The lowest BCUT2D eigenvalue weighted by molar-refractivity contribution is -0.119. The fourth-order valence-corrected chi connectivity index (χ4v) is 3.88. The number of hydrogen-bond donors (Lipinski definition) is 1. The second-order valence-corrected chi connectivity index (χ2v) is 8.00. The van der Waals surface area contributed by atoms with Gasteiger partial charge in [0, 0.05) is 4.47 Å². The zero-order valence-corrected chi connectivity index (χ0v) is 18.5. The van der Waals surface area contributed by atoms with Crippen molar-refractivity contribution in [3.63, 3.8) is 0 Å². The number of aryl methyl sites for hydroxylation is 1. The van der Waals surface area contributed by atoms with Crippen molar-refractivity contribution in [2.45, 2.75) is 6.92 Å². The first-order valence-electron chi connectivity index (χ1n) is 9.66. The molecule has 7 nitrogen and oxygen atoms in total.